The van der Waals surface area contributed by atoms with Crippen molar-refractivity contribution in [1.82, 2.24) is 20.5 Å². The zero-order valence-electron chi connectivity index (χ0n) is 19.7. The summed E-state index contributed by atoms with van der Waals surface area (Å²) >= 11 is 0. The molecule has 1 aromatic heterocycles. The van der Waals surface area contributed by atoms with Crippen molar-refractivity contribution in [1.29, 1.82) is 5.26 Å². The third-order valence-electron chi connectivity index (χ3n) is 5.60. The highest BCUT2D eigenvalue weighted by Crippen LogP contribution is 2.16. The van der Waals surface area contributed by atoms with Crippen LogP contribution in [0, 0.1) is 17.2 Å². The lowest BCUT2D eigenvalue weighted by molar-refractivity contribution is -0.124. The van der Waals surface area contributed by atoms with Crippen LogP contribution in [-0.4, -0.2) is 64.2 Å². The van der Waals surface area contributed by atoms with Crippen molar-refractivity contribution in [3.63, 3.8) is 0 Å². The van der Waals surface area contributed by atoms with E-state index in [1.54, 1.807) is 48.8 Å². The Labute approximate surface area is 203 Å². The number of nitrogens with zero attached hydrogens (tertiary/aromatic N) is 3. The number of β-amino-alcohol motifs (C(OH)–C–C–N with tert-alkyl or cyclic N) is 1. The lowest BCUT2D eigenvalue weighted by atomic mass is 10.0. The molecule has 3 rings (SSSR count). The summed E-state index contributed by atoms with van der Waals surface area (Å²) in [4.78, 5) is 43.4. The highest BCUT2D eigenvalue weighted by Gasteiger charge is 2.36. The molecule has 0 saturated carbocycles. The van der Waals surface area contributed by atoms with Gasteiger partial charge >= 0.3 is 6.09 Å². The van der Waals surface area contributed by atoms with Crippen LogP contribution in [0.3, 0.4) is 0 Å². The quantitative estimate of drug-likeness (QED) is 0.521. The lowest BCUT2D eigenvalue weighted by Gasteiger charge is -2.23. The van der Waals surface area contributed by atoms with Gasteiger partial charge in [-0.2, -0.15) is 5.26 Å². The minimum Gasteiger partial charge on any atom is -0.445 e. The van der Waals surface area contributed by atoms with E-state index in [0.29, 0.717) is 17.5 Å². The van der Waals surface area contributed by atoms with E-state index in [2.05, 4.69) is 15.6 Å². The number of likely N-dealkylation sites (tertiary alicyclic amines) is 1. The number of aliphatic hydroxyl groups is 1. The Hall–Kier alpha value is -3.97. The van der Waals surface area contributed by atoms with Crippen LogP contribution in [0.5, 0.6) is 0 Å². The van der Waals surface area contributed by atoms with Crippen LogP contribution >= 0.6 is 0 Å². The minimum atomic E-state index is -0.959. The molecule has 1 saturated heterocycles. The molecule has 3 N–H and O–H groups in total. The molecular weight excluding hydrogens is 450 g/mol. The number of rotatable bonds is 8. The number of amides is 3. The summed E-state index contributed by atoms with van der Waals surface area (Å²) < 4.78 is 5.22. The van der Waals surface area contributed by atoms with E-state index < -0.39 is 30.2 Å². The number of hydrogen-bond acceptors (Lipinski definition) is 7. The largest absolute Gasteiger partial charge is 0.445 e. The second-order valence-electron chi connectivity index (χ2n) is 8.84. The molecule has 10 nitrogen and oxygen atoms in total. The fourth-order valence-electron chi connectivity index (χ4n) is 3.76. The Morgan fingerprint density at radius 1 is 1.17 bits per heavy atom. The summed E-state index contributed by atoms with van der Waals surface area (Å²) in [7, 11) is 0. The van der Waals surface area contributed by atoms with Gasteiger partial charge in [0, 0.05) is 31.0 Å². The smallest absolute Gasteiger partial charge is 0.408 e. The van der Waals surface area contributed by atoms with E-state index >= 15 is 0 Å². The molecule has 2 aromatic rings. The average Bonchev–Trinajstić information content (AvgIpc) is 3.22. The van der Waals surface area contributed by atoms with E-state index in [1.165, 1.54) is 4.90 Å². The van der Waals surface area contributed by atoms with E-state index in [0.717, 1.165) is 5.56 Å². The van der Waals surface area contributed by atoms with E-state index in [-0.39, 0.29) is 31.5 Å². The van der Waals surface area contributed by atoms with Crippen molar-refractivity contribution in [3.8, 4) is 6.07 Å². The first kappa shape index (κ1) is 25.6. The summed E-state index contributed by atoms with van der Waals surface area (Å²) in [5.41, 5.74) is 1.59. The fraction of sp³-hybridized carbons (Fsp3) is 0.400. The molecule has 3 atom stereocenters. The molecule has 1 fully saturated rings. The molecule has 1 aromatic carbocycles. The number of nitriles is 1. The van der Waals surface area contributed by atoms with Gasteiger partial charge in [-0.15, -0.1) is 0 Å². The molecular formula is C25H29N5O5. The summed E-state index contributed by atoms with van der Waals surface area (Å²) in [6, 6.07) is 10.1. The molecule has 1 aliphatic rings. The van der Waals surface area contributed by atoms with Gasteiger partial charge in [0.1, 0.15) is 12.6 Å². The van der Waals surface area contributed by atoms with Crippen molar-refractivity contribution in [2.24, 2.45) is 5.92 Å². The van der Waals surface area contributed by atoms with Gasteiger partial charge in [0.05, 0.1) is 23.8 Å². The molecule has 0 bridgehead atoms. The number of carbonyl (C=O) groups is 3. The number of nitrogens with one attached hydrogen (secondary N) is 2. The van der Waals surface area contributed by atoms with Crippen molar-refractivity contribution in [2.45, 2.75) is 45.1 Å². The van der Waals surface area contributed by atoms with Gasteiger partial charge in [0.25, 0.3) is 5.91 Å². The third kappa shape index (κ3) is 7.25. The number of aliphatic hydroxyl groups excluding tert-OH is 1. The van der Waals surface area contributed by atoms with Crippen LogP contribution in [0.4, 0.5) is 4.79 Å². The summed E-state index contributed by atoms with van der Waals surface area (Å²) in [5, 5.41) is 24.8. The van der Waals surface area contributed by atoms with Gasteiger partial charge < -0.3 is 25.4 Å². The van der Waals surface area contributed by atoms with Crippen LogP contribution in [0.2, 0.25) is 0 Å². The second kappa shape index (κ2) is 11.9. The summed E-state index contributed by atoms with van der Waals surface area (Å²) in [5.74, 6) is -0.660. The molecule has 2 unspecified atom stereocenters. The van der Waals surface area contributed by atoms with Crippen LogP contribution in [-0.2, 0) is 16.1 Å². The molecule has 10 heteroatoms. The number of alkyl carbamates (subject to hydrolysis) is 1. The number of ether oxygens (including phenoxy) is 1. The maximum Gasteiger partial charge on any atom is 0.408 e. The van der Waals surface area contributed by atoms with E-state index in [9.17, 15) is 19.5 Å². The number of carbonyl (C=O) groups excluding carboxylic acids is 3. The topological polar surface area (TPSA) is 145 Å². The first-order valence-corrected chi connectivity index (χ1v) is 11.4. The highest BCUT2D eigenvalue weighted by molar-refractivity contribution is 5.94. The predicted octanol–water partition coefficient (Wildman–Crippen LogP) is 1.60. The van der Waals surface area contributed by atoms with Crippen LogP contribution in [0.1, 0.15) is 41.8 Å². The van der Waals surface area contributed by atoms with E-state index in [1.807, 2.05) is 19.9 Å². The molecule has 184 valence electrons. The van der Waals surface area contributed by atoms with Gasteiger partial charge in [0.2, 0.25) is 5.91 Å². The molecule has 0 spiro atoms. The van der Waals surface area contributed by atoms with Crippen molar-refractivity contribution in [2.75, 3.05) is 13.1 Å². The SMILES string of the molecule is CC(C)C[C@H](NC(=O)OCc1ccncc1)C(=O)NC1CN(C(=O)c2ccc(C#N)cc2)CC1O. The molecule has 0 aliphatic carbocycles. The average molecular weight is 480 g/mol. The van der Waals surface area contributed by atoms with E-state index in [4.69, 9.17) is 10.00 Å². The standard InChI is InChI=1S/C25H29N5O5/c1-16(2)11-20(29-25(34)35-15-18-7-9-27-10-8-18)23(32)28-21-13-30(14-22(21)31)24(33)19-5-3-17(12-26)4-6-19/h3-10,16,20-22,31H,11,13-15H2,1-2H3,(H,28,32)(H,29,34)/t20-,21?,22?/m0/s1. The number of pyridine rings is 1. The second-order valence-corrected chi connectivity index (χ2v) is 8.84. The Kier molecular flexibility index (Phi) is 8.75. The normalized spacial score (nSPS) is 18.0. The Morgan fingerprint density at radius 2 is 1.86 bits per heavy atom. The number of hydrogen-bond donors (Lipinski definition) is 3. The molecule has 3 amide bonds. The van der Waals surface area contributed by atoms with Crippen molar-refractivity contribution >= 4 is 17.9 Å². The van der Waals surface area contributed by atoms with Gasteiger partial charge in [-0.25, -0.2) is 4.79 Å². The fourth-order valence-corrected chi connectivity index (χ4v) is 3.76. The lowest BCUT2D eigenvalue weighted by Crippen LogP contribution is -2.53. The first-order chi connectivity index (χ1) is 16.8. The van der Waals surface area contributed by atoms with Gasteiger partial charge in [-0.1, -0.05) is 13.8 Å². The molecule has 2 heterocycles. The zero-order valence-corrected chi connectivity index (χ0v) is 19.7. The molecule has 1 aliphatic heterocycles. The molecule has 0 radical (unpaired) electrons. The zero-order chi connectivity index (χ0) is 25.4. The maximum absolute atomic E-state index is 13.0. The van der Waals surface area contributed by atoms with Gasteiger partial charge in [0.15, 0.2) is 0 Å². The van der Waals surface area contributed by atoms with Crippen molar-refractivity contribution < 1.29 is 24.2 Å². The number of aromatic nitrogens is 1. The van der Waals surface area contributed by atoms with Crippen molar-refractivity contribution in [3.05, 3.63) is 65.5 Å². The third-order valence-corrected chi connectivity index (χ3v) is 5.60. The van der Waals surface area contributed by atoms with Crippen LogP contribution < -0.4 is 10.6 Å². The Balaban J connectivity index is 1.57. The van der Waals surface area contributed by atoms with Gasteiger partial charge in [-0.3, -0.25) is 14.6 Å². The van der Waals surface area contributed by atoms with Gasteiger partial charge in [-0.05, 0) is 54.3 Å². The van der Waals surface area contributed by atoms with Crippen LogP contribution in [0.15, 0.2) is 48.8 Å². The summed E-state index contributed by atoms with van der Waals surface area (Å²) in [6.07, 6.45) is 1.86. The highest BCUT2D eigenvalue weighted by atomic mass is 16.5. The maximum atomic E-state index is 13.0. The predicted molar refractivity (Wildman–Crippen MR) is 126 cm³/mol. The molecule has 35 heavy (non-hydrogen) atoms. The van der Waals surface area contributed by atoms with Crippen LogP contribution in [0.25, 0.3) is 0 Å². The first-order valence-electron chi connectivity index (χ1n) is 11.4. The Bertz CT molecular complexity index is 1070. The monoisotopic (exact) mass is 479 g/mol. The summed E-state index contributed by atoms with van der Waals surface area (Å²) in [6.45, 7) is 4.06. The number of benzene rings is 1. The minimum absolute atomic E-state index is 0.0398. The Morgan fingerprint density at radius 3 is 2.49 bits per heavy atom.